The summed E-state index contributed by atoms with van der Waals surface area (Å²) in [7, 11) is 0. The van der Waals surface area contributed by atoms with Crippen molar-refractivity contribution in [2.45, 2.75) is 19.8 Å². The summed E-state index contributed by atoms with van der Waals surface area (Å²) in [5.74, 6) is 5.63. The van der Waals surface area contributed by atoms with Crippen molar-refractivity contribution in [2.75, 3.05) is 26.2 Å². The van der Waals surface area contributed by atoms with E-state index in [1.54, 1.807) is 6.92 Å². The Morgan fingerprint density at radius 2 is 2.15 bits per heavy atom. The third kappa shape index (κ3) is 3.95. The SMILES string of the molecule is CC#CCNC(=O)CN1CCCC1. The van der Waals surface area contributed by atoms with Crippen molar-refractivity contribution < 1.29 is 4.79 Å². The molecule has 0 radical (unpaired) electrons. The van der Waals surface area contributed by atoms with Gasteiger partial charge in [-0.3, -0.25) is 9.69 Å². The van der Waals surface area contributed by atoms with Gasteiger partial charge in [-0.25, -0.2) is 0 Å². The molecule has 1 N–H and O–H groups in total. The fraction of sp³-hybridized carbons (Fsp3) is 0.700. The maximum Gasteiger partial charge on any atom is 0.234 e. The van der Waals surface area contributed by atoms with Crippen molar-refractivity contribution in [2.24, 2.45) is 0 Å². The summed E-state index contributed by atoms with van der Waals surface area (Å²) in [5.41, 5.74) is 0. The molecule has 13 heavy (non-hydrogen) atoms. The summed E-state index contributed by atoms with van der Waals surface area (Å²) in [6.45, 7) is 4.90. The minimum Gasteiger partial charge on any atom is -0.344 e. The van der Waals surface area contributed by atoms with Crippen LogP contribution in [0, 0.1) is 11.8 Å². The molecule has 1 aliphatic heterocycles. The molecule has 1 saturated heterocycles. The van der Waals surface area contributed by atoms with E-state index in [1.165, 1.54) is 12.8 Å². The molecular formula is C10H16N2O. The summed E-state index contributed by atoms with van der Waals surface area (Å²) in [4.78, 5) is 13.4. The number of carbonyl (C=O) groups excluding carboxylic acids is 1. The number of hydrogen-bond acceptors (Lipinski definition) is 2. The lowest BCUT2D eigenvalue weighted by molar-refractivity contribution is -0.121. The molecule has 3 heteroatoms. The Kier molecular flexibility index (Phi) is 4.34. The van der Waals surface area contributed by atoms with E-state index in [1.807, 2.05) is 0 Å². The summed E-state index contributed by atoms with van der Waals surface area (Å²) < 4.78 is 0. The Balaban J connectivity index is 2.11. The van der Waals surface area contributed by atoms with Gasteiger partial charge in [-0.1, -0.05) is 5.92 Å². The van der Waals surface area contributed by atoms with E-state index in [-0.39, 0.29) is 5.91 Å². The van der Waals surface area contributed by atoms with Gasteiger partial charge in [0.2, 0.25) is 5.91 Å². The molecule has 0 unspecified atom stereocenters. The van der Waals surface area contributed by atoms with Gasteiger partial charge in [-0.05, 0) is 32.9 Å². The van der Waals surface area contributed by atoms with Crippen LogP contribution in [-0.4, -0.2) is 37.0 Å². The number of likely N-dealkylation sites (tertiary alicyclic amines) is 1. The lowest BCUT2D eigenvalue weighted by atomic mass is 10.4. The largest absolute Gasteiger partial charge is 0.344 e. The van der Waals surface area contributed by atoms with Crippen LogP contribution in [0.4, 0.5) is 0 Å². The molecule has 0 aromatic heterocycles. The third-order valence-electron chi connectivity index (χ3n) is 2.12. The summed E-state index contributed by atoms with van der Waals surface area (Å²) >= 11 is 0. The number of rotatable bonds is 3. The smallest absolute Gasteiger partial charge is 0.234 e. The minimum atomic E-state index is 0.0876. The molecule has 72 valence electrons. The van der Waals surface area contributed by atoms with E-state index in [0.29, 0.717) is 13.1 Å². The van der Waals surface area contributed by atoms with Gasteiger partial charge >= 0.3 is 0 Å². The van der Waals surface area contributed by atoms with Gasteiger partial charge in [0, 0.05) is 0 Å². The Bertz CT molecular complexity index is 221. The average Bonchev–Trinajstić information content (AvgIpc) is 2.57. The first-order chi connectivity index (χ1) is 6.33. The summed E-state index contributed by atoms with van der Waals surface area (Å²) in [6.07, 6.45) is 2.45. The predicted molar refractivity (Wildman–Crippen MR) is 52.1 cm³/mol. The van der Waals surface area contributed by atoms with Crippen LogP contribution in [0.15, 0.2) is 0 Å². The first kappa shape index (κ1) is 10.1. The second-order valence-corrected chi connectivity index (χ2v) is 3.19. The highest BCUT2D eigenvalue weighted by Crippen LogP contribution is 2.05. The van der Waals surface area contributed by atoms with Gasteiger partial charge in [-0.15, -0.1) is 5.92 Å². The van der Waals surface area contributed by atoms with Crippen molar-refractivity contribution >= 4 is 5.91 Å². The maximum atomic E-state index is 11.3. The Morgan fingerprint density at radius 3 is 2.77 bits per heavy atom. The predicted octanol–water partition coefficient (Wildman–Crippen LogP) is 0.222. The van der Waals surface area contributed by atoms with E-state index in [0.717, 1.165) is 13.1 Å². The maximum absolute atomic E-state index is 11.3. The Morgan fingerprint density at radius 1 is 1.46 bits per heavy atom. The van der Waals surface area contributed by atoms with Crippen molar-refractivity contribution in [3.05, 3.63) is 0 Å². The van der Waals surface area contributed by atoms with Crippen molar-refractivity contribution in [1.29, 1.82) is 0 Å². The first-order valence-corrected chi connectivity index (χ1v) is 4.71. The monoisotopic (exact) mass is 180 g/mol. The number of amides is 1. The molecule has 1 fully saturated rings. The number of nitrogens with zero attached hydrogens (tertiary/aromatic N) is 1. The molecule has 0 atom stereocenters. The number of hydrogen-bond donors (Lipinski definition) is 1. The van der Waals surface area contributed by atoms with E-state index in [4.69, 9.17) is 0 Å². The van der Waals surface area contributed by atoms with Gasteiger partial charge in [-0.2, -0.15) is 0 Å². The van der Waals surface area contributed by atoms with Crippen molar-refractivity contribution in [3.63, 3.8) is 0 Å². The van der Waals surface area contributed by atoms with Crippen molar-refractivity contribution in [3.8, 4) is 11.8 Å². The van der Waals surface area contributed by atoms with Crippen molar-refractivity contribution in [1.82, 2.24) is 10.2 Å². The van der Waals surface area contributed by atoms with E-state index >= 15 is 0 Å². The fourth-order valence-electron chi connectivity index (χ4n) is 1.43. The van der Waals surface area contributed by atoms with Crippen LogP contribution in [0.1, 0.15) is 19.8 Å². The van der Waals surface area contributed by atoms with E-state index in [9.17, 15) is 4.79 Å². The first-order valence-electron chi connectivity index (χ1n) is 4.71. The van der Waals surface area contributed by atoms with E-state index in [2.05, 4.69) is 22.1 Å². The van der Waals surface area contributed by atoms with Crippen LogP contribution in [0.25, 0.3) is 0 Å². The summed E-state index contributed by atoms with van der Waals surface area (Å²) in [5, 5.41) is 2.76. The molecule has 1 aliphatic rings. The molecule has 0 aliphatic carbocycles. The fourth-order valence-corrected chi connectivity index (χ4v) is 1.43. The highest BCUT2D eigenvalue weighted by molar-refractivity contribution is 5.78. The van der Waals surface area contributed by atoms with Gasteiger partial charge in [0.15, 0.2) is 0 Å². The molecular weight excluding hydrogens is 164 g/mol. The molecule has 0 saturated carbocycles. The second kappa shape index (κ2) is 5.60. The minimum absolute atomic E-state index is 0.0876. The third-order valence-corrected chi connectivity index (χ3v) is 2.12. The number of nitrogens with one attached hydrogen (secondary N) is 1. The molecule has 0 bridgehead atoms. The molecule has 1 heterocycles. The van der Waals surface area contributed by atoms with Gasteiger partial charge in [0.05, 0.1) is 13.1 Å². The van der Waals surface area contributed by atoms with Crippen LogP contribution >= 0.6 is 0 Å². The molecule has 0 spiro atoms. The van der Waals surface area contributed by atoms with Crippen LogP contribution in [0.3, 0.4) is 0 Å². The molecule has 0 aromatic rings. The lowest BCUT2D eigenvalue weighted by Crippen LogP contribution is -2.35. The Labute approximate surface area is 79.5 Å². The van der Waals surface area contributed by atoms with Gasteiger partial charge in [0.25, 0.3) is 0 Å². The highest BCUT2D eigenvalue weighted by Gasteiger charge is 2.13. The quantitative estimate of drug-likeness (QED) is 0.630. The van der Waals surface area contributed by atoms with Crippen LogP contribution in [-0.2, 0) is 4.79 Å². The molecule has 3 nitrogen and oxygen atoms in total. The normalized spacial score (nSPS) is 16.4. The lowest BCUT2D eigenvalue weighted by Gasteiger charge is -2.12. The second-order valence-electron chi connectivity index (χ2n) is 3.19. The molecule has 1 amide bonds. The zero-order valence-corrected chi connectivity index (χ0v) is 8.10. The molecule has 1 rings (SSSR count). The van der Waals surface area contributed by atoms with Crippen LogP contribution < -0.4 is 5.32 Å². The topological polar surface area (TPSA) is 32.3 Å². The number of carbonyl (C=O) groups is 1. The van der Waals surface area contributed by atoms with Gasteiger partial charge in [0.1, 0.15) is 0 Å². The standard InChI is InChI=1S/C10H16N2O/c1-2-3-6-11-10(13)9-12-7-4-5-8-12/h4-9H2,1H3,(H,11,13). The van der Waals surface area contributed by atoms with Gasteiger partial charge < -0.3 is 5.32 Å². The molecule has 0 aromatic carbocycles. The van der Waals surface area contributed by atoms with Crippen LogP contribution in [0.2, 0.25) is 0 Å². The highest BCUT2D eigenvalue weighted by atomic mass is 16.2. The van der Waals surface area contributed by atoms with E-state index < -0.39 is 0 Å². The Hall–Kier alpha value is -1.01. The van der Waals surface area contributed by atoms with Crippen LogP contribution in [0.5, 0.6) is 0 Å². The summed E-state index contributed by atoms with van der Waals surface area (Å²) in [6, 6.07) is 0. The zero-order chi connectivity index (χ0) is 9.52. The zero-order valence-electron chi connectivity index (χ0n) is 8.10. The average molecular weight is 180 g/mol.